The van der Waals surface area contributed by atoms with Gasteiger partial charge >= 0.3 is 0 Å². The van der Waals surface area contributed by atoms with E-state index in [-0.39, 0.29) is 0 Å². The van der Waals surface area contributed by atoms with Crippen LogP contribution in [0.5, 0.6) is 0 Å². The van der Waals surface area contributed by atoms with E-state index >= 15 is 0 Å². The lowest BCUT2D eigenvalue weighted by Crippen LogP contribution is -2.26. The Morgan fingerprint density at radius 2 is 2.23 bits per heavy atom. The first-order valence-corrected chi connectivity index (χ1v) is 5.45. The van der Waals surface area contributed by atoms with E-state index in [1.165, 1.54) is 10.4 Å². The summed E-state index contributed by atoms with van der Waals surface area (Å²) in [5.41, 5.74) is 1.38. The molecule has 13 heavy (non-hydrogen) atoms. The van der Waals surface area contributed by atoms with Crippen molar-refractivity contribution >= 4 is 11.3 Å². The maximum atomic E-state index is 3.76. The topological polar surface area (TPSA) is 12.0 Å². The van der Waals surface area contributed by atoms with Crippen LogP contribution in [0.2, 0.25) is 0 Å². The SMILES string of the molecule is C=CC(C)NC(C)c1sccc1C. The van der Waals surface area contributed by atoms with Gasteiger partial charge in [0.2, 0.25) is 0 Å². The second-order valence-corrected chi connectivity index (χ2v) is 4.33. The summed E-state index contributed by atoms with van der Waals surface area (Å²) in [4.78, 5) is 1.42. The molecule has 2 atom stereocenters. The second-order valence-electron chi connectivity index (χ2n) is 3.38. The minimum atomic E-state index is 0.372. The number of hydrogen-bond donors (Lipinski definition) is 1. The Kier molecular flexibility index (Phi) is 3.70. The zero-order valence-corrected chi connectivity index (χ0v) is 9.32. The lowest BCUT2D eigenvalue weighted by Gasteiger charge is -2.16. The Morgan fingerprint density at radius 3 is 2.69 bits per heavy atom. The molecule has 1 rings (SSSR count). The minimum Gasteiger partial charge on any atom is -0.303 e. The third kappa shape index (κ3) is 2.68. The van der Waals surface area contributed by atoms with Gasteiger partial charge in [0.1, 0.15) is 0 Å². The Balaban J connectivity index is 2.63. The first-order chi connectivity index (χ1) is 6.15. The van der Waals surface area contributed by atoms with Gasteiger partial charge in [0.05, 0.1) is 0 Å². The quantitative estimate of drug-likeness (QED) is 0.727. The van der Waals surface area contributed by atoms with Crippen molar-refractivity contribution in [2.45, 2.75) is 32.9 Å². The second kappa shape index (κ2) is 4.58. The molecule has 0 spiro atoms. The largest absolute Gasteiger partial charge is 0.303 e. The average molecular weight is 195 g/mol. The van der Waals surface area contributed by atoms with Crippen LogP contribution < -0.4 is 5.32 Å². The van der Waals surface area contributed by atoms with Gasteiger partial charge in [-0.15, -0.1) is 17.9 Å². The Labute approximate surface area is 84.5 Å². The van der Waals surface area contributed by atoms with E-state index in [2.05, 4.69) is 44.1 Å². The van der Waals surface area contributed by atoms with Gasteiger partial charge in [0.15, 0.2) is 0 Å². The molecule has 0 aromatic carbocycles. The van der Waals surface area contributed by atoms with Gasteiger partial charge in [-0.2, -0.15) is 0 Å². The highest BCUT2D eigenvalue weighted by Crippen LogP contribution is 2.23. The van der Waals surface area contributed by atoms with E-state index < -0.39 is 0 Å². The fourth-order valence-corrected chi connectivity index (χ4v) is 2.31. The molecular formula is C11H17NS. The lowest BCUT2D eigenvalue weighted by atomic mass is 10.1. The van der Waals surface area contributed by atoms with Crippen molar-refractivity contribution in [3.63, 3.8) is 0 Å². The van der Waals surface area contributed by atoms with Gasteiger partial charge in [-0.25, -0.2) is 0 Å². The third-order valence-electron chi connectivity index (χ3n) is 2.16. The predicted molar refractivity (Wildman–Crippen MR) is 60.3 cm³/mol. The molecule has 0 bridgehead atoms. The van der Waals surface area contributed by atoms with E-state index in [0.29, 0.717) is 12.1 Å². The van der Waals surface area contributed by atoms with E-state index in [1.807, 2.05) is 17.4 Å². The number of nitrogens with one attached hydrogen (secondary N) is 1. The summed E-state index contributed by atoms with van der Waals surface area (Å²) in [7, 11) is 0. The Bertz CT molecular complexity index is 277. The first kappa shape index (κ1) is 10.5. The summed E-state index contributed by atoms with van der Waals surface area (Å²) in [6.45, 7) is 10.2. The summed E-state index contributed by atoms with van der Waals surface area (Å²) < 4.78 is 0. The van der Waals surface area contributed by atoms with Crippen molar-refractivity contribution in [3.8, 4) is 0 Å². The van der Waals surface area contributed by atoms with E-state index in [4.69, 9.17) is 0 Å². The van der Waals surface area contributed by atoms with E-state index in [9.17, 15) is 0 Å². The molecule has 0 aliphatic rings. The highest BCUT2D eigenvalue weighted by Gasteiger charge is 2.10. The average Bonchev–Trinajstić information content (AvgIpc) is 2.51. The monoisotopic (exact) mass is 195 g/mol. The Morgan fingerprint density at radius 1 is 1.54 bits per heavy atom. The van der Waals surface area contributed by atoms with Gasteiger partial charge in [0.25, 0.3) is 0 Å². The lowest BCUT2D eigenvalue weighted by molar-refractivity contribution is 0.542. The molecule has 0 amide bonds. The Hall–Kier alpha value is -0.600. The smallest absolute Gasteiger partial charge is 0.0393 e. The van der Waals surface area contributed by atoms with Crippen molar-refractivity contribution in [2.24, 2.45) is 0 Å². The van der Waals surface area contributed by atoms with Crippen LogP contribution in [0.1, 0.15) is 30.3 Å². The number of aryl methyl sites for hydroxylation is 1. The zero-order valence-electron chi connectivity index (χ0n) is 8.50. The standard InChI is InChI=1S/C11H17NS/c1-5-9(3)12-10(4)11-8(2)6-7-13-11/h5-7,9-10,12H,1H2,2-4H3. The first-order valence-electron chi connectivity index (χ1n) is 4.57. The third-order valence-corrected chi connectivity index (χ3v) is 3.36. The molecule has 2 unspecified atom stereocenters. The molecule has 1 aromatic rings. The van der Waals surface area contributed by atoms with Crippen molar-refractivity contribution < 1.29 is 0 Å². The summed E-state index contributed by atoms with van der Waals surface area (Å²) in [6.07, 6.45) is 1.93. The van der Waals surface area contributed by atoms with Crippen LogP contribution in [0, 0.1) is 6.92 Å². The van der Waals surface area contributed by atoms with Crippen molar-refractivity contribution in [3.05, 3.63) is 34.5 Å². The van der Waals surface area contributed by atoms with E-state index in [1.54, 1.807) is 0 Å². The number of thiophene rings is 1. The molecule has 2 heteroatoms. The molecule has 0 fully saturated rings. The van der Waals surface area contributed by atoms with Crippen LogP contribution in [-0.4, -0.2) is 6.04 Å². The number of hydrogen-bond acceptors (Lipinski definition) is 2. The predicted octanol–water partition coefficient (Wildman–Crippen LogP) is 3.28. The van der Waals surface area contributed by atoms with Crippen LogP contribution in [0.4, 0.5) is 0 Å². The van der Waals surface area contributed by atoms with Crippen LogP contribution in [0.25, 0.3) is 0 Å². The fourth-order valence-electron chi connectivity index (χ4n) is 1.37. The molecule has 0 saturated carbocycles. The van der Waals surface area contributed by atoms with Gasteiger partial charge in [-0.3, -0.25) is 0 Å². The zero-order chi connectivity index (χ0) is 9.84. The highest BCUT2D eigenvalue weighted by atomic mass is 32.1. The summed E-state index contributed by atoms with van der Waals surface area (Å²) in [5, 5.41) is 5.61. The molecule has 0 aliphatic heterocycles. The molecule has 0 radical (unpaired) electrons. The molecule has 1 N–H and O–H groups in total. The van der Waals surface area contributed by atoms with Gasteiger partial charge in [-0.1, -0.05) is 6.08 Å². The van der Waals surface area contributed by atoms with Crippen LogP contribution >= 0.6 is 11.3 Å². The van der Waals surface area contributed by atoms with Gasteiger partial charge in [0, 0.05) is 17.0 Å². The maximum absolute atomic E-state index is 3.76. The molecule has 0 saturated heterocycles. The summed E-state index contributed by atoms with van der Waals surface area (Å²) >= 11 is 1.81. The summed E-state index contributed by atoms with van der Waals surface area (Å²) in [5.74, 6) is 0. The number of rotatable bonds is 4. The van der Waals surface area contributed by atoms with Gasteiger partial charge < -0.3 is 5.32 Å². The van der Waals surface area contributed by atoms with E-state index in [0.717, 1.165) is 0 Å². The highest BCUT2D eigenvalue weighted by molar-refractivity contribution is 7.10. The molecule has 72 valence electrons. The van der Waals surface area contributed by atoms with Crippen molar-refractivity contribution in [2.75, 3.05) is 0 Å². The van der Waals surface area contributed by atoms with Crippen LogP contribution in [-0.2, 0) is 0 Å². The minimum absolute atomic E-state index is 0.372. The van der Waals surface area contributed by atoms with Crippen LogP contribution in [0.3, 0.4) is 0 Å². The fraction of sp³-hybridized carbons (Fsp3) is 0.455. The maximum Gasteiger partial charge on any atom is 0.0393 e. The molecule has 1 nitrogen and oxygen atoms in total. The molecular weight excluding hydrogens is 178 g/mol. The van der Waals surface area contributed by atoms with Crippen molar-refractivity contribution in [1.82, 2.24) is 5.32 Å². The summed E-state index contributed by atoms with van der Waals surface area (Å²) in [6, 6.07) is 2.96. The van der Waals surface area contributed by atoms with Gasteiger partial charge in [-0.05, 0) is 37.8 Å². The van der Waals surface area contributed by atoms with Crippen molar-refractivity contribution in [1.29, 1.82) is 0 Å². The van der Waals surface area contributed by atoms with Crippen LogP contribution in [0.15, 0.2) is 24.1 Å². The molecule has 0 aliphatic carbocycles. The molecule has 1 heterocycles. The normalized spacial score (nSPS) is 15.3. The molecule has 1 aromatic heterocycles.